The SMILES string of the molecule is CN(Cc1nnc2n1CCC2)C(=O)c1cccnc1N1CCOCC1. The Kier molecular flexibility index (Phi) is 4.35. The van der Waals surface area contributed by atoms with Crippen molar-refractivity contribution in [3.8, 4) is 0 Å². The van der Waals surface area contributed by atoms with Crippen molar-refractivity contribution in [1.29, 1.82) is 0 Å². The molecule has 0 saturated carbocycles. The molecule has 2 aromatic heterocycles. The van der Waals surface area contributed by atoms with Gasteiger partial charge in [-0.2, -0.15) is 0 Å². The van der Waals surface area contributed by atoms with Gasteiger partial charge in [0.2, 0.25) is 0 Å². The monoisotopic (exact) mass is 342 g/mol. The van der Waals surface area contributed by atoms with E-state index in [9.17, 15) is 4.79 Å². The second-order valence-electron chi connectivity index (χ2n) is 6.42. The topological polar surface area (TPSA) is 76.4 Å². The maximum Gasteiger partial charge on any atom is 0.257 e. The summed E-state index contributed by atoms with van der Waals surface area (Å²) in [5.41, 5.74) is 0.619. The molecule has 0 unspecified atom stereocenters. The van der Waals surface area contributed by atoms with Gasteiger partial charge in [-0.25, -0.2) is 4.98 Å². The Hall–Kier alpha value is -2.48. The van der Waals surface area contributed by atoms with Crippen LogP contribution >= 0.6 is 0 Å². The molecule has 132 valence electrons. The number of fused-ring (bicyclic) bond motifs is 1. The van der Waals surface area contributed by atoms with Crippen LogP contribution in [-0.2, 0) is 24.2 Å². The summed E-state index contributed by atoms with van der Waals surface area (Å²) in [5, 5.41) is 8.46. The normalized spacial score (nSPS) is 16.8. The first kappa shape index (κ1) is 16.0. The molecule has 25 heavy (non-hydrogen) atoms. The van der Waals surface area contributed by atoms with Crippen LogP contribution in [0.1, 0.15) is 28.4 Å². The molecule has 1 saturated heterocycles. The zero-order chi connectivity index (χ0) is 17.2. The molecule has 0 atom stereocenters. The third-order valence-electron chi connectivity index (χ3n) is 4.74. The lowest BCUT2D eigenvalue weighted by Crippen LogP contribution is -2.38. The van der Waals surface area contributed by atoms with Crippen molar-refractivity contribution in [2.75, 3.05) is 38.3 Å². The highest BCUT2D eigenvalue weighted by Crippen LogP contribution is 2.21. The Morgan fingerprint density at radius 3 is 2.96 bits per heavy atom. The van der Waals surface area contributed by atoms with Crippen LogP contribution in [0, 0.1) is 0 Å². The van der Waals surface area contributed by atoms with E-state index in [2.05, 4.69) is 24.6 Å². The first-order chi connectivity index (χ1) is 12.2. The van der Waals surface area contributed by atoms with Gasteiger partial charge in [0.15, 0.2) is 5.82 Å². The Morgan fingerprint density at radius 2 is 2.12 bits per heavy atom. The molecule has 4 rings (SSSR count). The van der Waals surface area contributed by atoms with Crippen LogP contribution in [0.3, 0.4) is 0 Å². The van der Waals surface area contributed by atoms with Gasteiger partial charge in [0.25, 0.3) is 5.91 Å². The van der Waals surface area contributed by atoms with Gasteiger partial charge in [0.1, 0.15) is 11.6 Å². The molecular weight excluding hydrogens is 320 g/mol. The minimum Gasteiger partial charge on any atom is -0.378 e. The van der Waals surface area contributed by atoms with Crippen LogP contribution in [0.4, 0.5) is 5.82 Å². The number of amides is 1. The summed E-state index contributed by atoms with van der Waals surface area (Å²) in [7, 11) is 1.80. The second kappa shape index (κ2) is 6.79. The highest BCUT2D eigenvalue weighted by Gasteiger charge is 2.24. The molecule has 0 spiro atoms. The lowest BCUT2D eigenvalue weighted by atomic mass is 10.2. The summed E-state index contributed by atoms with van der Waals surface area (Å²) < 4.78 is 7.52. The maximum absolute atomic E-state index is 13.0. The first-order valence-electron chi connectivity index (χ1n) is 8.68. The quantitative estimate of drug-likeness (QED) is 0.815. The zero-order valence-corrected chi connectivity index (χ0v) is 14.4. The van der Waals surface area contributed by atoms with Crippen LogP contribution in [0.5, 0.6) is 0 Å². The van der Waals surface area contributed by atoms with E-state index in [-0.39, 0.29) is 5.91 Å². The second-order valence-corrected chi connectivity index (χ2v) is 6.42. The molecular formula is C17H22N6O2. The average Bonchev–Trinajstić information content (AvgIpc) is 3.27. The van der Waals surface area contributed by atoms with E-state index in [1.165, 1.54) is 0 Å². The number of anilines is 1. The van der Waals surface area contributed by atoms with Gasteiger partial charge in [0.05, 0.1) is 25.3 Å². The predicted octanol–water partition coefficient (Wildman–Crippen LogP) is 0.728. The summed E-state index contributed by atoms with van der Waals surface area (Å²) in [6.07, 6.45) is 3.79. The highest BCUT2D eigenvalue weighted by molar-refractivity contribution is 5.98. The fourth-order valence-corrected chi connectivity index (χ4v) is 3.41. The Morgan fingerprint density at radius 1 is 1.28 bits per heavy atom. The fourth-order valence-electron chi connectivity index (χ4n) is 3.41. The molecule has 0 radical (unpaired) electrons. The van der Waals surface area contributed by atoms with Crippen molar-refractivity contribution in [2.24, 2.45) is 0 Å². The largest absolute Gasteiger partial charge is 0.378 e. The number of carbonyl (C=O) groups excluding carboxylic acids is 1. The van der Waals surface area contributed by atoms with Gasteiger partial charge < -0.3 is 19.1 Å². The molecule has 1 fully saturated rings. The molecule has 2 aliphatic rings. The van der Waals surface area contributed by atoms with Crippen LogP contribution in [0.15, 0.2) is 18.3 Å². The number of pyridine rings is 1. The van der Waals surface area contributed by atoms with Crippen molar-refractivity contribution in [3.63, 3.8) is 0 Å². The van der Waals surface area contributed by atoms with Gasteiger partial charge in [-0.1, -0.05) is 0 Å². The molecule has 0 N–H and O–H groups in total. The number of hydrogen-bond acceptors (Lipinski definition) is 6. The number of aromatic nitrogens is 4. The van der Waals surface area contributed by atoms with Gasteiger partial charge >= 0.3 is 0 Å². The van der Waals surface area contributed by atoms with E-state index in [4.69, 9.17) is 4.74 Å². The molecule has 0 aliphatic carbocycles. The molecule has 2 aromatic rings. The predicted molar refractivity (Wildman–Crippen MR) is 91.4 cm³/mol. The number of nitrogens with zero attached hydrogens (tertiary/aromatic N) is 6. The van der Waals surface area contributed by atoms with Crippen molar-refractivity contribution in [2.45, 2.75) is 25.9 Å². The molecule has 8 nitrogen and oxygen atoms in total. The van der Waals surface area contributed by atoms with Crippen LogP contribution in [-0.4, -0.2) is 63.9 Å². The van der Waals surface area contributed by atoms with Crippen molar-refractivity contribution >= 4 is 11.7 Å². The smallest absolute Gasteiger partial charge is 0.257 e. The maximum atomic E-state index is 13.0. The summed E-state index contributed by atoms with van der Waals surface area (Å²) in [4.78, 5) is 21.3. The van der Waals surface area contributed by atoms with Gasteiger partial charge in [0, 0.05) is 39.3 Å². The third-order valence-corrected chi connectivity index (χ3v) is 4.74. The number of rotatable bonds is 4. The van der Waals surface area contributed by atoms with Crippen LogP contribution in [0.25, 0.3) is 0 Å². The Balaban J connectivity index is 1.54. The van der Waals surface area contributed by atoms with E-state index < -0.39 is 0 Å². The van der Waals surface area contributed by atoms with Crippen molar-refractivity contribution in [1.82, 2.24) is 24.6 Å². The lowest BCUT2D eigenvalue weighted by molar-refractivity contribution is 0.0779. The molecule has 8 heteroatoms. The standard InChI is InChI=1S/C17H22N6O2/c1-21(12-15-20-19-14-5-3-7-23(14)15)17(24)13-4-2-6-18-16(13)22-8-10-25-11-9-22/h2,4,6H,3,5,7-12H2,1H3. The van der Waals surface area contributed by atoms with Crippen LogP contribution in [0.2, 0.25) is 0 Å². The van der Waals surface area contributed by atoms with Crippen molar-refractivity contribution < 1.29 is 9.53 Å². The van der Waals surface area contributed by atoms with E-state index in [1.54, 1.807) is 24.2 Å². The Bertz CT molecular complexity index is 768. The average molecular weight is 342 g/mol. The van der Waals surface area contributed by atoms with E-state index in [1.807, 2.05) is 6.07 Å². The van der Waals surface area contributed by atoms with Gasteiger partial charge in [-0.15, -0.1) is 10.2 Å². The minimum atomic E-state index is -0.0510. The lowest BCUT2D eigenvalue weighted by Gasteiger charge is -2.29. The summed E-state index contributed by atoms with van der Waals surface area (Å²) >= 11 is 0. The third kappa shape index (κ3) is 3.09. The summed E-state index contributed by atoms with van der Waals surface area (Å²) in [6.45, 7) is 4.20. The first-order valence-corrected chi connectivity index (χ1v) is 8.68. The zero-order valence-electron chi connectivity index (χ0n) is 14.4. The van der Waals surface area contributed by atoms with E-state index in [0.717, 1.165) is 49.9 Å². The van der Waals surface area contributed by atoms with Gasteiger partial charge in [-0.3, -0.25) is 4.79 Å². The molecule has 0 bridgehead atoms. The number of aryl methyl sites for hydroxylation is 1. The molecule has 4 heterocycles. The summed E-state index contributed by atoms with van der Waals surface area (Å²) in [5.74, 6) is 2.55. The number of hydrogen-bond donors (Lipinski definition) is 0. The number of morpholine rings is 1. The molecule has 1 amide bonds. The number of carbonyl (C=O) groups is 1. The molecule has 0 aromatic carbocycles. The van der Waals surface area contributed by atoms with E-state index in [0.29, 0.717) is 25.3 Å². The number of ether oxygens (including phenoxy) is 1. The van der Waals surface area contributed by atoms with Crippen LogP contribution < -0.4 is 4.90 Å². The highest BCUT2D eigenvalue weighted by atomic mass is 16.5. The van der Waals surface area contributed by atoms with Gasteiger partial charge in [-0.05, 0) is 18.6 Å². The fraction of sp³-hybridized carbons (Fsp3) is 0.529. The van der Waals surface area contributed by atoms with Crippen molar-refractivity contribution in [3.05, 3.63) is 35.5 Å². The Labute approximate surface area is 146 Å². The minimum absolute atomic E-state index is 0.0510. The molecule has 2 aliphatic heterocycles. The van der Waals surface area contributed by atoms with E-state index >= 15 is 0 Å². The summed E-state index contributed by atoms with van der Waals surface area (Å²) in [6, 6.07) is 3.64.